The van der Waals surface area contributed by atoms with E-state index in [4.69, 9.17) is 0 Å². The van der Waals surface area contributed by atoms with Crippen LogP contribution in [0.2, 0.25) is 0 Å². The summed E-state index contributed by atoms with van der Waals surface area (Å²) in [5.41, 5.74) is 1.09. The Bertz CT molecular complexity index is 403. The van der Waals surface area contributed by atoms with Crippen molar-refractivity contribution in [2.24, 2.45) is 0 Å². The van der Waals surface area contributed by atoms with Crippen molar-refractivity contribution >= 4 is 0 Å². The third kappa shape index (κ3) is 1.46. The predicted molar refractivity (Wildman–Crippen MR) is 46.4 cm³/mol. The zero-order valence-corrected chi connectivity index (χ0v) is 6.79. The molecule has 64 valence electrons. The van der Waals surface area contributed by atoms with Gasteiger partial charge in [0.1, 0.15) is 0 Å². The van der Waals surface area contributed by atoms with Crippen LogP contribution in [0.4, 0.5) is 0 Å². The van der Waals surface area contributed by atoms with Crippen LogP contribution < -0.4 is 4.73 Å². The Labute approximate surface area is 75.1 Å². The van der Waals surface area contributed by atoms with Crippen molar-refractivity contribution in [2.45, 2.75) is 0 Å². The lowest BCUT2D eigenvalue weighted by molar-refractivity contribution is -0.593. The smallest absolute Gasteiger partial charge is 0.243 e. The first-order valence-electron chi connectivity index (χ1n) is 3.82. The van der Waals surface area contributed by atoms with Gasteiger partial charge in [0.25, 0.3) is 0 Å². The molecule has 2 aromatic heterocycles. The molecule has 0 atom stereocenters. The van der Waals surface area contributed by atoms with Crippen LogP contribution in [0.25, 0.3) is 11.4 Å². The van der Waals surface area contributed by atoms with Gasteiger partial charge in [0.15, 0.2) is 11.9 Å². The fraction of sp³-hybridized carbons (Fsp3) is 0. The molecule has 0 amide bonds. The molecule has 0 saturated heterocycles. The Balaban J connectivity index is 2.54. The monoisotopic (exact) mass is 173 g/mol. The molecule has 2 heterocycles. The maximum absolute atomic E-state index is 11.3. The summed E-state index contributed by atoms with van der Waals surface area (Å²) in [5, 5.41) is 11.3. The summed E-state index contributed by atoms with van der Waals surface area (Å²) in [6.45, 7) is 0. The Morgan fingerprint density at radius 3 is 2.85 bits per heavy atom. The molecule has 0 fully saturated rings. The molecule has 0 saturated carbocycles. The van der Waals surface area contributed by atoms with E-state index in [1.165, 1.54) is 6.20 Å². The summed E-state index contributed by atoms with van der Waals surface area (Å²) in [6, 6.07) is 5.17. The van der Waals surface area contributed by atoms with Gasteiger partial charge in [0.05, 0.1) is 6.20 Å². The van der Waals surface area contributed by atoms with E-state index in [0.29, 0.717) is 11.4 Å². The van der Waals surface area contributed by atoms with E-state index in [2.05, 4.69) is 9.97 Å². The number of hydrogen-bond acceptors (Lipinski definition) is 3. The zero-order chi connectivity index (χ0) is 9.10. The van der Waals surface area contributed by atoms with E-state index in [1.807, 2.05) is 0 Å². The quantitative estimate of drug-likeness (QED) is 0.473. The SMILES string of the molecule is [O-][n+]1ccccc1-c1cnccn1. The molecule has 0 aromatic carbocycles. The van der Waals surface area contributed by atoms with Crippen molar-refractivity contribution in [3.8, 4) is 11.4 Å². The van der Waals surface area contributed by atoms with Gasteiger partial charge in [-0.25, -0.2) is 4.98 Å². The average molecular weight is 173 g/mol. The molecule has 13 heavy (non-hydrogen) atoms. The fourth-order valence-electron chi connectivity index (χ4n) is 1.06. The highest BCUT2D eigenvalue weighted by molar-refractivity contribution is 5.47. The van der Waals surface area contributed by atoms with E-state index in [0.717, 1.165) is 4.73 Å². The molecule has 0 N–H and O–H groups in total. The zero-order valence-electron chi connectivity index (χ0n) is 6.79. The molecule has 2 rings (SSSR count). The second kappa shape index (κ2) is 3.18. The van der Waals surface area contributed by atoms with Crippen LogP contribution in [0.5, 0.6) is 0 Å². The highest BCUT2D eigenvalue weighted by Crippen LogP contribution is 2.08. The third-order valence-electron chi connectivity index (χ3n) is 1.65. The lowest BCUT2D eigenvalue weighted by Crippen LogP contribution is -2.28. The molecule has 0 aliphatic heterocycles. The number of aromatic nitrogens is 3. The number of pyridine rings is 1. The number of hydrogen-bond donors (Lipinski definition) is 0. The van der Waals surface area contributed by atoms with Gasteiger partial charge in [0.2, 0.25) is 5.69 Å². The first-order valence-corrected chi connectivity index (χ1v) is 3.82. The summed E-state index contributed by atoms with van der Waals surface area (Å²) in [6.07, 6.45) is 6.12. The molecule has 4 nitrogen and oxygen atoms in total. The van der Waals surface area contributed by atoms with Crippen LogP contribution >= 0.6 is 0 Å². The third-order valence-corrected chi connectivity index (χ3v) is 1.65. The van der Waals surface area contributed by atoms with Crippen LogP contribution in [0.1, 0.15) is 0 Å². The van der Waals surface area contributed by atoms with Crippen molar-refractivity contribution < 1.29 is 4.73 Å². The van der Waals surface area contributed by atoms with Crippen molar-refractivity contribution in [2.75, 3.05) is 0 Å². The van der Waals surface area contributed by atoms with Gasteiger partial charge in [-0.05, 0) is 6.07 Å². The van der Waals surface area contributed by atoms with Gasteiger partial charge >= 0.3 is 0 Å². The topological polar surface area (TPSA) is 52.7 Å². The molecule has 2 aromatic rings. The van der Waals surface area contributed by atoms with Gasteiger partial charge in [0, 0.05) is 24.5 Å². The lowest BCUT2D eigenvalue weighted by atomic mass is 10.3. The standard InChI is InChI=1S/C9H7N3O/c13-12-6-2-1-3-9(12)8-7-10-4-5-11-8/h1-7H. The molecule has 4 heteroatoms. The fourth-order valence-corrected chi connectivity index (χ4v) is 1.06. The first-order chi connectivity index (χ1) is 6.38. The molecule has 0 spiro atoms. The second-order valence-corrected chi connectivity index (χ2v) is 2.50. The summed E-state index contributed by atoms with van der Waals surface area (Å²) in [4.78, 5) is 7.91. The largest absolute Gasteiger partial charge is 0.618 e. The molecule has 0 aliphatic carbocycles. The van der Waals surface area contributed by atoms with E-state index in [1.54, 1.807) is 36.8 Å². The molecule has 0 unspecified atom stereocenters. The minimum atomic E-state index is 0.510. The molecule has 0 aliphatic rings. The Hall–Kier alpha value is -1.97. The van der Waals surface area contributed by atoms with E-state index >= 15 is 0 Å². The Morgan fingerprint density at radius 2 is 2.15 bits per heavy atom. The van der Waals surface area contributed by atoms with Crippen molar-refractivity contribution in [3.05, 3.63) is 48.2 Å². The lowest BCUT2D eigenvalue weighted by Gasteiger charge is -2.01. The number of rotatable bonds is 1. The minimum absolute atomic E-state index is 0.510. The minimum Gasteiger partial charge on any atom is -0.618 e. The van der Waals surface area contributed by atoms with E-state index < -0.39 is 0 Å². The maximum atomic E-state index is 11.3. The van der Waals surface area contributed by atoms with Gasteiger partial charge in [-0.15, -0.1) is 0 Å². The van der Waals surface area contributed by atoms with E-state index in [9.17, 15) is 5.21 Å². The van der Waals surface area contributed by atoms with Gasteiger partial charge in [-0.2, -0.15) is 4.73 Å². The molecular formula is C9H7N3O. The van der Waals surface area contributed by atoms with Crippen molar-refractivity contribution in [1.82, 2.24) is 9.97 Å². The highest BCUT2D eigenvalue weighted by Gasteiger charge is 2.07. The normalized spacial score (nSPS) is 9.85. The Kier molecular flexibility index (Phi) is 1.88. The van der Waals surface area contributed by atoms with Crippen LogP contribution in [-0.4, -0.2) is 9.97 Å². The van der Waals surface area contributed by atoms with Gasteiger partial charge in [-0.3, -0.25) is 4.98 Å². The van der Waals surface area contributed by atoms with Crippen LogP contribution in [0.3, 0.4) is 0 Å². The van der Waals surface area contributed by atoms with Crippen LogP contribution in [0, 0.1) is 5.21 Å². The van der Waals surface area contributed by atoms with Gasteiger partial charge in [-0.1, -0.05) is 0 Å². The van der Waals surface area contributed by atoms with Crippen LogP contribution in [-0.2, 0) is 0 Å². The van der Waals surface area contributed by atoms with Gasteiger partial charge < -0.3 is 5.21 Å². The maximum Gasteiger partial charge on any atom is 0.243 e. The predicted octanol–water partition coefficient (Wildman–Crippen LogP) is 0.777. The van der Waals surface area contributed by atoms with Crippen molar-refractivity contribution in [1.29, 1.82) is 0 Å². The van der Waals surface area contributed by atoms with E-state index in [-0.39, 0.29) is 0 Å². The second-order valence-electron chi connectivity index (χ2n) is 2.50. The molecule has 0 bridgehead atoms. The highest BCUT2D eigenvalue weighted by atomic mass is 16.5. The summed E-state index contributed by atoms with van der Waals surface area (Å²) >= 11 is 0. The molecular weight excluding hydrogens is 166 g/mol. The summed E-state index contributed by atoms with van der Waals surface area (Å²) in [7, 11) is 0. The summed E-state index contributed by atoms with van der Waals surface area (Å²) < 4.78 is 0.768. The first kappa shape index (κ1) is 7.67. The summed E-state index contributed by atoms with van der Waals surface area (Å²) in [5.74, 6) is 0. The number of nitrogens with zero attached hydrogens (tertiary/aromatic N) is 3. The van der Waals surface area contributed by atoms with Crippen LogP contribution in [0.15, 0.2) is 43.0 Å². The Morgan fingerprint density at radius 1 is 1.23 bits per heavy atom. The van der Waals surface area contributed by atoms with Crippen molar-refractivity contribution in [3.63, 3.8) is 0 Å². The molecule has 0 radical (unpaired) electrons. The average Bonchev–Trinajstić information content (AvgIpc) is 2.20.